The van der Waals surface area contributed by atoms with Crippen molar-refractivity contribution in [1.82, 2.24) is 10.9 Å². The van der Waals surface area contributed by atoms with E-state index in [2.05, 4.69) is 0 Å². The van der Waals surface area contributed by atoms with Crippen LogP contribution in [0.3, 0.4) is 0 Å². The van der Waals surface area contributed by atoms with Gasteiger partial charge in [0.05, 0.1) is 22.5 Å². The number of benzene rings is 2. The maximum atomic E-state index is 11.4. The summed E-state index contributed by atoms with van der Waals surface area (Å²) in [6.45, 7) is 4.21. The standard InChI is InChI=1S/2C9H14N4O2.C3H4O2/c2*1-6(14)13(11)8-5-3-2-4-7(8)9(15)12-10;1-3(5)2-4/h2*2-6,14H,10-11H2,1H3,(H,12,15);2H,1H3. The molecule has 0 spiro atoms. The van der Waals surface area contributed by atoms with Crippen LogP contribution in [0.2, 0.25) is 0 Å². The molecule has 2 aromatic rings. The normalized spacial score (nSPS) is 11.2. The van der Waals surface area contributed by atoms with Crippen molar-refractivity contribution in [3.8, 4) is 0 Å². The fourth-order valence-electron chi connectivity index (χ4n) is 2.34. The molecule has 0 fully saturated rings. The Balaban J connectivity index is 0.000000555. The Hall–Kier alpha value is -3.92. The number of aliphatic hydroxyl groups excluding tert-OH is 2. The van der Waals surface area contributed by atoms with E-state index in [1.807, 2.05) is 10.9 Å². The van der Waals surface area contributed by atoms with Crippen LogP contribution in [0.4, 0.5) is 11.4 Å². The minimum absolute atomic E-state index is 0.278. The minimum Gasteiger partial charge on any atom is -0.373 e. The molecule has 2 atom stereocenters. The fourth-order valence-corrected chi connectivity index (χ4v) is 2.34. The van der Waals surface area contributed by atoms with Crippen LogP contribution in [0.1, 0.15) is 41.5 Å². The molecule has 0 saturated heterocycles. The number of aldehydes is 1. The number of nitrogens with two attached hydrogens (primary N) is 4. The monoisotopic (exact) mass is 492 g/mol. The van der Waals surface area contributed by atoms with Gasteiger partial charge in [-0.25, -0.2) is 23.4 Å². The predicted molar refractivity (Wildman–Crippen MR) is 130 cm³/mol. The zero-order valence-electron chi connectivity index (χ0n) is 19.6. The van der Waals surface area contributed by atoms with E-state index < -0.39 is 30.1 Å². The summed E-state index contributed by atoms with van der Waals surface area (Å²) in [4.78, 5) is 41.3. The van der Waals surface area contributed by atoms with Gasteiger partial charge < -0.3 is 10.2 Å². The van der Waals surface area contributed by atoms with Gasteiger partial charge in [-0.3, -0.25) is 40.0 Å². The lowest BCUT2D eigenvalue weighted by Crippen LogP contribution is -2.41. The van der Waals surface area contributed by atoms with Gasteiger partial charge >= 0.3 is 0 Å². The number of hydrazine groups is 4. The first kappa shape index (κ1) is 31.1. The van der Waals surface area contributed by atoms with Crippen molar-refractivity contribution >= 4 is 35.3 Å². The molecule has 2 rings (SSSR count). The molecule has 0 saturated carbocycles. The van der Waals surface area contributed by atoms with Crippen molar-refractivity contribution in [3.63, 3.8) is 0 Å². The Morgan fingerprint density at radius 1 is 0.800 bits per heavy atom. The third-order valence-electron chi connectivity index (χ3n) is 4.09. The second kappa shape index (κ2) is 15.8. The van der Waals surface area contributed by atoms with E-state index in [1.54, 1.807) is 48.5 Å². The Morgan fingerprint density at radius 2 is 1.09 bits per heavy atom. The highest BCUT2D eigenvalue weighted by Gasteiger charge is 2.16. The van der Waals surface area contributed by atoms with Crippen LogP contribution in [0, 0.1) is 0 Å². The van der Waals surface area contributed by atoms with Crippen molar-refractivity contribution in [2.75, 3.05) is 10.0 Å². The summed E-state index contributed by atoms with van der Waals surface area (Å²) in [6.07, 6.45) is -1.51. The van der Waals surface area contributed by atoms with Crippen molar-refractivity contribution < 1.29 is 29.4 Å². The summed E-state index contributed by atoms with van der Waals surface area (Å²) < 4.78 is 0. The molecule has 0 aliphatic rings. The van der Waals surface area contributed by atoms with E-state index in [9.17, 15) is 24.6 Å². The first-order chi connectivity index (χ1) is 16.4. The Bertz CT molecular complexity index is 916. The molecular weight excluding hydrogens is 460 g/mol. The third kappa shape index (κ3) is 10.3. The average molecular weight is 493 g/mol. The fraction of sp³-hybridized carbons (Fsp3) is 0.238. The van der Waals surface area contributed by atoms with E-state index in [0.717, 1.165) is 10.0 Å². The molecule has 2 unspecified atom stereocenters. The number of carbonyl (C=O) groups excluding carboxylic acids is 4. The number of anilines is 2. The minimum atomic E-state index is -0.892. The van der Waals surface area contributed by atoms with Crippen LogP contribution < -0.4 is 44.2 Å². The van der Waals surface area contributed by atoms with Gasteiger partial charge in [0.15, 0.2) is 12.1 Å². The number of carbonyl (C=O) groups is 4. The molecule has 192 valence electrons. The number of amides is 2. The van der Waals surface area contributed by atoms with Crippen molar-refractivity contribution in [2.45, 2.75) is 33.2 Å². The number of ketones is 1. The highest BCUT2D eigenvalue weighted by Crippen LogP contribution is 2.19. The van der Waals surface area contributed by atoms with Crippen LogP contribution in [-0.2, 0) is 9.59 Å². The number of nitrogen functional groups attached to an aromatic ring is 2. The summed E-state index contributed by atoms with van der Waals surface area (Å²) >= 11 is 0. The molecule has 12 N–H and O–H groups in total. The van der Waals surface area contributed by atoms with E-state index >= 15 is 0 Å². The number of hydrogen-bond donors (Lipinski definition) is 8. The van der Waals surface area contributed by atoms with Gasteiger partial charge in [-0.2, -0.15) is 0 Å². The van der Waals surface area contributed by atoms with Gasteiger partial charge in [0, 0.05) is 6.92 Å². The summed E-state index contributed by atoms with van der Waals surface area (Å²) in [5.41, 5.74) is 5.47. The molecule has 0 aliphatic heterocycles. The van der Waals surface area contributed by atoms with Crippen molar-refractivity contribution in [3.05, 3.63) is 59.7 Å². The van der Waals surface area contributed by atoms with Gasteiger partial charge in [-0.15, -0.1) is 0 Å². The Kier molecular flexibility index (Phi) is 14.1. The molecule has 2 aromatic carbocycles. The Morgan fingerprint density at radius 3 is 1.31 bits per heavy atom. The highest BCUT2D eigenvalue weighted by molar-refractivity contribution is 6.23. The maximum Gasteiger partial charge on any atom is 0.267 e. The average Bonchev–Trinajstić information content (AvgIpc) is 2.87. The lowest BCUT2D eigenvalue weighted by Gasteiger charge is -2.23. The van der Waals surface area contributed by atoms with Crippen LogP contribution in [0.5, 0.6) is 0 Å². The molecule has 14 nitrogen and oxygen atoms in total. The summed E-state index contributed by atoms with van der Waals surface area (Å²) in [5, 5.41) is 20.8. The van der Waals surface area contributed by atoms with Crippen LogP contribution >= 0.6 is 0 Å². The largest absolute Gasteiger partial charge is 0.373 e. The van der Waals surface area contributed by atoms with Gasteiger partial charge in [-0.1, -0.05) is 24.3 Å². The van der Waals surface area contributed by atoms with E-state index in [1.165, 1.54) is 20.8 Å². The Labute approximate surface area is 202 Å². The number of para-hydroxylation sites is 2. The molecular formula is C21H32N8O6. The summed E-state index contributed by atoms with van der Waals surface area (Å²) in [6, 6.07) is 13.2. The molecule has 2 amide bonds. The number of nitrogens with zero attached hydrogens (tertiary/aromatic N) is 2. The number of Topliss-reactive ketones (excluding diaryl/α,β-unsaturated/α-hetero) is 1. The number of nitrogens with one attached hydrogen (secondary N) is 2. The first-order valence-corrected chi connectivity index (χ1v) is 10.0. The molecule has 0 bridgehead atoms. The zero-order valence-corrected chi connectivity index (χ0v) is 19.6. The molecule has 35 heavy (non-hydrogen) atoms. The number of aliphatic hydroxyl groups is 2. The smallest absolute Gasteiger partial charge is 0.267 e. The molecule has 0 aromatic heterocycles. The molecule has 0 aliphatic carbocycles. The summed E-state index contributed by atoms with van der Waals surface area (Å²) in [7, 11) is 0. The van der Waals surface area contributed by atoms with E-state index in [-0.39, 0.29) is 6.29 Å². The number of hydrogen-bond acceptors (Lipinski definition) is 12. The van der Waals surface area contributed by atoms with Gasteiger partial charge in [0.25, 0.3) is 11.8 Å². The highest BCUT2D eigenvalue weighted by atomic mass is 16.3. The number of rotatable bonds is 7. The van der Waals surface area contributed by atoms with E-state index in [0.29, 0.717) is 22.5 Å². The second-order valence-corrected chi connectivity index (χ2v) is 6.79. The van der Waals surface area contributed by atoms with Gasteiger partial charge in [-0.05, 0) is 38.1 Å². The molecule has 0 heterocycles. The topological polar surface area (TPSA) is 243 Å². The quantitative estimate of drug-likeness (QED) is 0.0543. The lowest BCUT2D eigenvalue weighted by atomic mass is 10.1. The first-order valence-electron chi connectivity index (χ1n) is 10.0. The second-order valence-electron chi connectivity index (χ2n) is 6.79. The molecule has 0 radical (unpaired) electrons. The molecule has 14 heteroatoms. The van der Waals surface area contributed by atoms with Crippen molar-refractivity contribution in [1.29, 1.82) is 0 Å². The van der Waals surface area contributed by atoms with Crippen LogP contribution in [-0.4, -0.2) is 46.6 Å². The third-order valence-corrected chi connectivity index (χ3v) is 4.09. The predicted octanol–water partition coefficient (Wildman–Crippen LogP) is -1.61. The van der Waals surface area contributed by atoms with Crippen LogP contribution in [0.15, 0.2) is 48.5 Å². The summed E-state index contributed by atoms with van der Waals surface area (Å²) in [5.74, 6) is 19.9. The van der Waals surface area contributed by atoms with Gasteiger partial charge in [0.2, 0.25) is 0 Å². The SMILES string of the molecule is CC(=O)C=O.CC(O)N(N)c1ccccc1C(=O)NN.CC(O)N(N)c1ccccc1C(=O)NN. The van der Waals surface area contributed by atoms with Crippen LogP contribution in [0.25, 0.3) is 0 Å². The lowest BCUT2D eigenvalue weighted by molar-refractivity contribution is -0.128. The zero-order chi connectivity index (χ0) is 27.1. The van der Waals surface area contributed by atoms with Gasteiger partial charge in [0.1, 0.15) is 12.5 Å². The maximum absolute atomic E-state index is 11.4. The van der Waals surface area contributed by atoms with Crippen molar-refractivity contribution in [2.24, 2.45) is 23.4 Å². The van der Waals surface area contributed by atoms with E-state index in [4.69, 9.17) is 28.2 Å².